The summed E-state index contributed by atoms with van der Waals surface area (Å²) >= 11 is 0. The van der Waals surface area contributed by atoms with Crippen LogP contribution < -0.4 is 21.9 Å². The quantitative estimate of drug-likeness (QED) is 0.0619. The topological polar surface area (TPSA) is 300 Å². The minimum Gasteiger partial charge on any atom is -0.480 e. The van der Waals surface area contributed by atoms with Crippen LogP contribution in [-0.4, -0.2) is 107 Å². The highest BCUT2D eigenvalue weighted by molar-refractivity contribution is 5.97. The molecule has 0 aliphatic heterocycles. The van der Waals surface area contributed by atoms with Crippen LogP contribution in [0.3, 0.4) is 0 Å². The number of nitrogens with one attached hydrogen (secondary N) is 3. The number of aromatic nitrogens is 4. The molecule has 18 heteroatoms. The Morgan fingerprint density at radius 2 is 1.79 bits per heavy atom. The number of nitrogen functional groups attached to an aromatic ring is 1. The van der Waals surface area contributed by atoms with Gasteiger partial charge in [-0.05, 0) is 30.7 Å². The Hall–Kier alpha value is -5.04. The molecule has 3 aromatic rings. The molecule has 43 heavy (non-hydrogen) atoms. The third kappa shape index (κ3) is 8.72. The summed E-state index contributed by atoms with van der Waals surface area (Å²) in [6.45, 7) is -0.770. The van der Waals surface area contributed by atoms with E-state index in [0.29, 0.717) is 11.4 Å². The lowest BCUT2D eigenvalue weighted by molar-refractivity contribution is -0.168. The van der Waals surface area contributed by atoms with Gasteiger partial charge in [0.1, 0.15) is 24.4 Å². The van der Waals surface area contributed by atoms with Crippen molar-refractivity contribution >= 4 is 46.9 Å². The SMILES string of the molecule is Nc1nc2ncc(CNc3ccc(C(=O)NC(CCC(=O)O[C@@H](C=O)[C@@H](O)[C@H](O)[C@H](O)CO)C(=O)O)cc3)nc2c(=O)[nH]1. The average molecular weight is 604 g/mol. The van der Waals surface area contributed by atoms with Gasteiger partial charge in [0.05, 0.1) is 25.0 Å². The molecule has 1 unspecified atom stereocenters. The smallest absolute Gasteiger partial charge is 0.326 e. The standard InChI is InChI=1S/C25H29N7O11/c26-25-31-21-18(23(40)32-25)29-13(8-28-21)7-27-12-3-1-11(2-4-12)22(39)30-14(24(41)42)5-6-17(36)43-16(10-34)20(38)19(37)15(35)9-33/h1-4,8,10,14-16,19-20,27,33,35,37-38H,5-7,9H2,(H,30,39)(H,41,42)(H3,26,28,31,32,40)/t14?,15-,16+,19-,20-/m1/s1. The number of nitrogens with two attached hydrogens (primary N) is 1. The Bertz CT molecular complexity index is 1520. The molecule has 0 saturated carbocycles. The Morgan fingerprint density at radius 1 is 1.09 bits per heavy atom. The molecule has 230 valence electrons. The lowest BCUT2D eigenvalue weighted by Crippen LogP contribution is -2.48. The number of aliphatic carboxylic acids is 1. The number of H-pyrrole nitrogens is 1. The molecule has 2 heterocycles. The normalized spacial score (nSPS) is 14.6. The molecule has 0 fully saturated rings. The van der Waals surface area contributed by atoms with Crippen molar-refractivity contribution in [3.05, 3.63) is 52.1 Å². The predicted molar refractivity (Wildman–Crippen MR) is 145 cm³/mol. The second kappa shape index (κ2) is 14.7. The van der Waals surface area contributed by atoms with Crippen LogP contribution in [0.5, 0.6) is 0 Å². The van der Waals surface area contributed by atoms with Crippen molar-refractivity contribution in [3.63, 3.8) is 0 Å². The number of carbonyl (C=O) groups is 4. The number of esters is 1. The fraction of sp³-hybridized carbons (Fsp3) is 0.360. The van der Waals surface area contributed by atoms with Gasteiger partial charge < -0.3 is 46.6 Å². The number of aromatic amines is 1. The fourth-order valence-corrected chi connectivity index (χ4v) is 3.67. The van der Waals surface area contributed by atoms with E-state index >= 15 is 0 Å². The number of nitrogens with zero attached hydrogens (tertiary/aromatic N) is 3. The van der Waals surface area contributed by atoms with E-state index < -0.39 is 73.3 Å². The number of aliphatic hydroxyl groups excluding tert-OH is 4. The number of carboxylic acids is 1. The molecule has 3 rings (SSSR count). The molecule has 1 amide bonds. The first-order chi connectivity index (χ1) is 20.4. The van der Waals surface area contributed by atoms with Crippen molar-refractivity contribution in [2.75, 3.05) is 17.7 Å². The number of carboxylic acid groups (broad SMARTS) is 1. The van der Waals surface area contributed by atoms with Crippen LogP contribution in [0.1, 0.15) is 28.9 Å². The van der Waals surface area contributed by atoms with E-state index in [0.717, 1.165) is 0 Å². The maximum Gasteiger partial charge on any atom is 0.326 e. The number of carbonyl (C=O) groups excluding carboxylic acids is 3. The number of hydrogen-bond acceptors (Lipinski definition) is 15. The summed E-state index contributed by atoms with van der Waals surface area (Å²) in [4.78, 5) is 74.1. The van der Waals surface area contributed by atoms with E-state index in [9.17, 15) is 44.4 Å². The van der Waals surface area contributed by atoms with Gasteiger partial charge in [-0.15, -0.1) is 0 Å². The van der Waals surface area contributed by atoms with Crippen LogP contribution in [0.15, 0.2) is 35.3 Å². The van der Waals surface area contributed by atoms with E-state index in [1.54, 1.807) is 12.1 Å². The molecule has 10 N–H and O–H groups in total. The monoisotopic (exact) mass is 603 g/mol. The zero-order valence-electron chi connectivity index (χ0n) is 22.3. The number of hydrogen-bond donors (Lipinski definition) is 9. The third-order valence-corrected chi connectivity index (χ3v) is 6.02. The molecule has 0 saturated heterocycles. The number of aliphatic hydroxyl groups is 4. The van der Waals surface area contributed by atoms with Crippen LogP contribution in [0.4, 0.5) is 11.6 Å². The summed E-state index contributed by atoms with van der Waals surface area (Å²) in [6, 6.07) is 4.38. The lowest BCUT2D eigenvalue weighted by Gasteiger charge is -2.25. The molecular formula is C25H29N7O11. The number of aldehydes is 1. The molecule has 0 aliphatic rings. The number of fused-ring (bicyclic) bond motifs is 1. The predicted octanol–water partition coefficient (Wildman–Crippen LogP) is -2.94. The van der Waals surface area contributed by atoms with Crippen molar-refractivity contribution in [2.24, 2.45) is 0 Å². The first-order valence-corrected chi connectivity index (χ1v) is 12.6. The van der Waals surface area contributed by atoms with Gasteiger partial charge in [0, 0.05) is 17.7 Å². The molecule has 0 radical (unpaired) electrons. The molecule has 18 nitrogen and oxygen atoms in total. The lowest BCUT2D eigenvalue weighted by atomic mass is 10.0. The minimum absolute atomic E-state index is 0.00474. The van der Waals surface area contributed by atoms with Crippen LogP contribution >= 0.6 is 0 Å². The van der Waals surface area contributed by atoms with Gasteiger partial charge in [-0.25, -0.2) is 14.8 Å². The first-order valence-electron chi connectivity index (χ1n) is 12.6. The van der Waals surface area contributed by atoms with Gasteiger partial charge in [-0.3, -0.25) is 24.2 Å². The van der Waals surface area contributed by atoms with Gasteiger partial charge >= 0.3 is 11.9 Å². The second-order valence-electron chi connectivity index (χ2n) is 9.14. The number of rotatable bonds is 15. The van der Waals surface area contributed by atoms with Crippen LogP contribution in [0.25, 0.3) is 11.2 Å². The van der Waals surface area contributed by atoms with E-state index in [2.05, 4.69) is 30.6 Å². The van der Waals surface area contributed by atoms with E-state index in [4.69, 9.17) is 15.6 Å². The Labute approximate surface area is 241 Å². The van der Waals surface area contributed by atoms with Crippen molar-refractivity contribution in [3.8, 4) is 0 Å². The summed E-state index contributed by atoms with van der Waals surface area (Å²) in [7, 11) is 0. The maximum absolute atomic E-state index is 12.6. The highest BCUT2D eigenvalue weighted by atomic mass is 16.6. The number of amides is 1. The Balaban J connectivity index is 1.54. The molecule has 0 aliphatic carbocycles. The summed E-state index contributed by atoms with van der Waals surface area (Å²) in [5, 5.41) is 52.6. The van der Waals surface area contributed by atoms with E-state index in [1.807, 2.05) is 0 Å². The highest BCUT2D eigenvalue weighted by Crippen LogP contribution is 2.13. The van der Waals surface area contributed by atoms with Crippen molar-refractivity contribution in [1.29, 1.82) is 0 Å². The highest BCUT2D eigenvalue weighted by Gasteiger charge is 2.34. The Kier molecular flexibility index (Phi) is 11.1. The summed E-state index contributed by atoms with van der Waals surface area (Å²) in [6.07, 6.45) is -7.40. The first kappa shape index (κ1) is 32.5. The molecular weight excluding hydrogens is 574 g/mol. The van der Waals surface area contributed by atoms with Crippen LogP contribution in [0, 0.1) is 0 Å². The van der Waals surface area contributed by atoms with E-state index in [1.165, 1.54) is 18.3 Å². The molecule has 1 aromatic carbocycles. The fourth-order valence-electron chi connectivity index (χ4n) is 3.67. The van der Waals surface area contributed by atoms with Gasteiger partial charge in [0.25, 0.3) is 11.5 Å². The van der Waals surface area contributed by atoms with Gasteiger partial charge in [0.2, 0.25) is 5.95 Å². The molecule has 0 bridgehead atoms. The largest absolute Gasteiger partial charge is 0.480 e. The molecule has 0 spiro atoms. The zero-order valence-corrected chi connectivity index (χ0v) is 22.3. The number of anilines is 2. The molecule has 2 aromatic heterocycles. The number of benzene rings is 1. The van der Waals surface area contributed by atoms with Crippen molar-refractivity contribution in [2.45, 2.75) is 49.8 Å². The van der Waals surface area contributed by atoms with Crippen molar-refractivity contribution in [1.82, 2.24) is 25.3 Å². The third-order valence-electron chi connectivity index (χ3n) is 6.02. The number of ether oxygens (including phenoxy) is 1. The van der Waals surface area contributed by atoms with Gasteiger partial charge in [-0.2, -0.15) is 4.98 Å². The summed E-state index contributed by atoms with van der Waals surface area (Å²) in [5.41, 5.74) is 6.13. The minimum atomic E-state index is -2.06. The maximum atomic E-state index is 12.6. The Morgan fingerprint density at radius 3 is 2.42 bits per heavy atom. The van der Waals surface area contributed by atoms with Crippen LogP contribution in [0.2, 0.25) is 0 Å². The van der Waals surface area contributed by atoms with Gasteiger partial charge in [-0.1, -0.05) is 0 Å². The molecule has 5 atom stereocenters. The van der Waals surface area contributed by atoms with E-state index in [-0.39, 0.29) is 35.5 Å². The summed E-state index contributed by atoms with van der Waals surface area (Å²) in [5.74, 6) is -3.43. The van der Waals surface area contributed by atoms with Crippen molar-refractivity contribution < 1.29 is 49.4 Å². The van der Waals surface area contributed by atoms with Crippen LogP contribution in [-0.2, 0) is 25.7 Å². The second-order valence-corrected chi connectivity index (χ2v) is 9.14. The average Bonchev–Trinajstić information content (AvgIpc) is 2.99. The summed E-state index contributed by atoms with van der Waals surface area (Å²) < 4.78 is 4.74. The zero-order chi connectivity index (χ0) is 31.7. The van der Waals surface area contributed by atoms with Gasteiger partial charge in [0.15, 0.2) is 23.6 Å².